The van der Waals surface area contributed by atoms with Gasteiger partial charge in [0.25, 0.3) is 0 Å². The molecule has 1 heterocycles. The van der Waals surface area contributed by atoms with Crippen molar-refractivity contribution in [2.45, 2.75) is 25.9 Å². The second-order valence-corrected chi connectivity index (χ2v) is 1.99. The van der Waals surface area contributed by atoms with Crippen LogP contribution < -0.4 is 0 Å². The number of hydrogen-bond acceptors (Lipinski definition) is 1. The van der Waals surface area contributed by atoms with Gasteiger partial charge in [-0.15, -0.1) is 24.0 Å². The van der Waals surface area contributed by atoms with E-state index in [1.807, 2.05) is 0 Å². The van der Waals surface area contributed by atoms with Crippen LogP contribution in [-0.4, -0.2) is 12.7 Å². The number of rotatable bonds is 0. The van der Waals surface area contributed by atoms with Crippen LogP contribution in [-0.2, 0) is 24.2 Å². The van der Waals surface area contributed by atoms with E-state index < -0.39 is 0 Å². The molecule has 0 radical (unpaired) electrons. The Morgan fingerprint density at radius 2 is 2.22 bits per heavy atom. The van der Waals surface area contributed by atoms with Crippen LogP contribution in [0.5, 0.6) is 0 Å². The molecular weight excluding hydrogens is 280 g/mol. The standard InChI is InChI=1S/C6H11O.HI.Zn/c1-6-4-2-3-5-7-6;;/h2,6H,3-5H2,1H3;1H;/q-1;;/t6-;;/m0../s1. The Hall–Kier alpha value is 1.31. The summed E-state index contributed by atoms with van der Waals surface area (Å²) in [6, 6.07) is 0. The van der Waals surface area contributed by atoms with Gasteiger partial charge in [-0.1, -0.05) is 0 Å². The maximum Gasteiger partial charge on any atom is 0.0277 e. The van der Waals surface area contributed by atoms with Gasteiger partial charge >= 0.3 is 0 Å². The van der Waals surface area contributed by atoms with Crippen molar-refractivity contribution in [3.8, 4) is 0 Å². The van der Waals surface area contributed by atoms with Crippen molar-refractivity contribution in [3.63, 3.8) is 0 Å². The first-order valence-corrected chi connectivity index (χ1v) is 2.83. The minimum atomic E-state index is 0. The predicted molar refractivity (Wildman–Crippen MR) is 44.4 cm³/mol. The molecule has 3 heteroatoms. The minimum Gasteiger partial charge on any atom is -0.384 e. The molecule has 0 N–H and O–H groups in total. The van der Waals surface area contributed by atoms with Crippen LogP contribution in [0.15, 0.2) is 0 Å². The quantitative estimate of drug-likeness (QED) is 0.377. The average Bonchev–Trinajstić information content (AvgIpc) is 1.69. The molecule has 0 saturated carbocycles. The van der Waals surface area contributed by atoms with E-state index in [1.165, 1.54) is 0 Å². The van der Waals surface area contributed by atoms with Crippen LogP contribution in [0.4, 0.5) is 0 Å². The Morgan fingerprint density at radius 1 is 1.56 bits per heavy atom. The molecule has 0 aromatic rings. The molecule has 0 aromatic carbocycles. The van der Waals surface area contributed by atoms with Crippen LogP contribution >= 0.6 is 24.0 Å². The number of ether oxygens (including phenoxy) is 1. The molecule has 1 aliphatic rings. The molecule has 0 unspecified atom stereocenters. The zero-order valence-corrected chi connectivity index (χ0v) is 11.1. The molecule has 52 valence electrons. The van der Waals surface area contributed by atoms with Crippen LogP contribution in [0.3, 0.4) is 0 Å². The van der Waals surface area contributed by atoms with E-state index in [1.54, 1.807) is 0 Å². The third kappa shape index (κ3) is 5.74. The molecule has 1 saturated heterocycles. The zero-order valence-electron chi connectivity index (χ0n) is 5.80. The molecular formula is C6H12IOZn-. The van der Waals surface area contributed by atoms with Crippen LogP contribution in [0.25, 0.3) is 0 Å². The zero-order chi connectivity index (χ0) is 5.11. The fourth-order valence-corrected chi connectivity index (χ4v) is 0.773. The van der Waals surface area contributed by atoms with E-state index in [2.05, 4.69) is 13.3 Å². The van der Waals surface area contributed by atoms with Crippen molar-refractivity contribution >= 4 is 24.0 Å². The fraction of sp³-hybridized carbons (Fsp3) is 0.833. The first-order valence-electron chi connectivity index (χ1n) is 2.83. The topological polar surface area (TPSA) is 9.23 Å². The first-order chi connectivity index (χ1) is 3.39. The fourth-order valence-electron chi connectivity index (χ4n) is 0.773. The molecule has 9 heavy (non-hydrogen) atoms. The van der Waals surface area contributed by atoms with Crippen molar-refractivity contribution < 1.29 is 24.2 Å². The van der Waals surface area contributed by atoms with E-state index in [4.69, 9.17) is 4.74 Å². The van der Waals surface area contributed by atoms with Crippen molar-refractivity contribution in [3.05, 3.63) is 6.42 Å². The summed E-state index contributed by atoms with van der Waals surface area (Å²) in [6.07, 6.45) is 5.05. The molecule has 0 aliphatic carbocycles. The summed E-state index contributed by atoms with van der Waals surface area (Å²) < 4.78 is 5.25. The normalized spacial score (nSPS) is 25.7. The van der Waals surface area contributed by atoms with Gasteiger partial charge in [0.1, 0.15) is 0 Å². The summed E-state index contributed by atoms with van der Waals surface area (Å²) in [5, 5.41) is 0. The van der Waals surface area contributed by atoms with Gasteiger partial charge in [0, 0.05) is 32.2 Å². The second-order valence-electron chi connectivity index (χ2n) is 1.99. The molecule has 1 aliphatic heterocycles. The van der Waals surface area contributed by atoms with E-state index in [0.717, 1.165) is 19.4 Å². The smallest absolute Gasteiger partial charge is 0.0277 e. The van der Waals surface area contributed by atoms with Crippen molar-refractivity contribution in [1.29, 1.82) is 0 Å². The van der Waals surface area contributed by atoms with Gasteiger partial charge in [-0.3, -0.25) is 0 Å². The Kier molecular flexibility index (Phi) is 10.7. The third-order valence-electron chi connectivity index (χ3n) is 1.22. The summed E-state index contributed by atoms with van der Waals surface area (Å²) in [5.41, 5.74) is 0. The Balaban J connectivity index is 0. The van der Waals surface area contributed by atoms with Crippen molar-refractivity contribution in [1.82, 2.24) is 0 Å². The summed E-state index contributed by atoms with van der Waals surface area (Å²) in [6.45, 7) is 3.04. The number of halogens is 1. The van der Waals surface area contributed by atoms with E-state index in [0.29, 0.717) is 6.10 Å². The second kappa shape index (κ2) is 7.42. The Morgan fingerprint density at radius 3 is 2.44 bits per heavy atom. The van der Waals surface area contributed by atoms with Crippen LogP contribution in [0.2, 0.25) is 0 Å². The van der Waals surface area contributed by atoms with Crippen molar-refractivity contribution in [2.75, 3.05) is 6.61 Å². The maximum absolute atomic E-state index is 5.25. The molecule has 1 atom stereocenters. The molecule has 0 aromatic heterocycles. The first kappa shape index (κ1) is 12.9. The average molecular weight is 292 g/mol. The van der Waals surface area contributed by atoms with Gasteiger partial charge in [0.15, 0.2) is 0 Å². The minimum absolute atomic E-state index is 0. The Bertz CT molecular complexity index is 55.0. The van der Waals surface area contributed by atoms with Gasteiger partial charge in [0.05, 0.1) is 0 Å². The molecule has 0 bridgehead atoms. The van der Waals surface area contributed by atoms with E-state index in [-0.39, 0.29) is 43.5 Å². The monoisotopic (exact) mass is 291 g/mol. The van der Waals surface area contributed by atoms with E-state index >= 15 is 0 Å². The van der Waals surface area contributed by atoms with Gasteiger partial charge in [-0.05, 0) is 6.92 Å². The van der Waals surface area contributed by atoms with Gasteiger partial charge in [-0.25, -0.2) is 0 Å². The molecule has 1 rings (SSSR count). The van der Waals surface area contributed by atoms with Crippen molar-refractivity contribution in [2.24, 2.45) is 0 Å². The molecule has 1 nitrogen and oxygen atoms in total. The maximum atomic E-state index is 5.25. The summed E-state index contributed by atoms with van der Waals surface area (Å²) in [7, 11) is 0. The largest absolute Gasteiger partial charge is 0.384 e. The van der Waals surface area contributed by atoms with Crippen LogP contribution in [0, 0.1) is 6.42 Å². The summed E-state index contributed by atoms with van der Waals surface area (Å²) in [4.78, 5) is 0. The SMILES string of the molecule is C[C@H]1C[CH-]CCO1.I.[Zn]. The molecule has 0 amide bonds. The third-order valence-corrected chi connectivity index (χ3v) is 1.22. The summed E-state index contributed by atoms with van der Waals surface area (Å²) >= 11 is 0. The van der Waals surface area contributed by atoms with Gasteiger partial charge in [-0.2, -0.15) is 12.8 Å². The molecule has 0 spiro atoms. The van der Waals surface area contributed by atoms with Crippen LogP contribution in [0.1, 0.15) is 19.8 Å². The predicted octanol–water partition coefficient (Wildman–Crippen LogP) is 2.01. The van der Waals surface area contributed by atoms with Gasteiger partial charge in [0.2, 0.25) is 0 Å². The summed E-state index contributed by atoms with van der Waals surface area (Å²) in [5.74, 6) is 0. The molecule has 1 fully saturated rings. The number of hydrogen-bond donors (Lipinski definition) is 0. The van der Waals surface area contributed by atoms with E-state index in [9.17, 15) is 0 Å². The Labute approximate surface area is 86.7 Å². The van der Waals surface area contributed by atoms with Gasteiger partial charge < -0.3 is 11.2 Å².